The molecular formula is C15H18N2O3. The van der Waals surface area contributed by atoms with E-state index in [2.05, 4.69) is 5.32 Å². The van der Waals surface area contributed by atoms with E-state index >= 15 is 0 Å². The minimum Gasteiger partial charge on any atom is -0.389 e. The highest BCUT2D eigenvalue weighted by atomic mass is 16.5. The van der Waals surface area contributed by atoms with Crippen LogP contribution < -0.4 is 5.32 Å². The number of carbonyl (C=O) groups is 1. The maximum atomic E-state index is 12.1. The molecule has 5 nitrogen and oxygen atoms in total. The van der Waals surface area contributed by atoms with Gasteiger partial charge in [0.25, 0.3) is 0 Å². The van der Waals surface area contributed by atoms with Gasteiger partial charge in [-0.15, -0.1) is 0 Å². The van der Waals surface area contributed by atoms with E-state index in [1.165, 1.54) is 0 Å². The number of aromatic nitrogens is 1. The number of benzene rings is 1. The molecule has 3 rings (SSSR count). The summed E-state index contributed by atoms with van der Waals surface area (Å²) in [7, 11) is 0. The fourth-order valence-corrected chi connectivity index (χ4v) is 2.58. The lowest BCUT2D eigenvalue weighted by Crippen LogP contribution is -2.49. The number of aliphatic hydroxyl groups excluding tert-OH is 1. The maximum absolute atomic E-state index is 12.1. The molecule has 2 heterocycles. The van der Waals surface area contributed by atoms with Gasteiger partial charge in [-0.3, -0.25) is 4.79 Å². The van der Waals surface area contributed by atoms with Crippen LogP contribution in [0.5, 0.6) is 0 Å². The molecule has 1 aromatic heterocycles. The van der Waals surface area contributed by atoms with Crippen LogP contribution in [0.4, 0.5) is 0 Å². The van der Waals surface area contributed by atoms with Gasteiger partial charge in [-0.25, -0.2) is 0 Å². The third kappa shape index (κ3) is 2.69. The number of rotatable bonds is 3. The molecule has 2 aromatic rings. The van der Waals surface area contributed by atoms with Gasteiger partial charge in [-0.1, -0.05) is 18.2 Å². The van der Waals surface area contributed by atoms with Crippen LogP contribution in [0, 0.1) is 0 Å². The first-order valence-electron chi connectivity index (χ1n) is 6.83. The summed E-state index contributed by atoms with van der Waals surface area (Å²) in [6.07, 6.45) is 1.94. The largest absolute Gasteiger partial charge is 0.389 e. The van der Waals surface area contributed by atoms with Crippen molar-refractivity contribution in [3.63, 3.8) is 0 Å². The molecule has 20 heavy (non-hydrogen) atoms. The van der Waals surface area contributed by atoms with Gasteiger partial charge >= 0.3 is 0 Å². The predicted octanol–water partition coefficient (Wildman–Crippen LogP) is 0.907. The fraction of sp³-hybridized carbons (Fsp3) is 0.400. The Morgan fingerprint density at radius 3 is 3.10 bits per heavy atom. The minimum atomic E-state index is -0.617. The van der Waals surface area contributed by atoms with Crippen molar-refractivity contribution in [2.45, 2.75) is 25.1 Å². The van der Waals surface area contributed by atoms with E-state index in [1.807, 2.05) is 41.1 Å². The number of amides is 1. The van der Waals surface area contributed by atoms with E-state index in [9.17, 15) is 9.90 Å². The summed E-state index contributed by atoms with van der Waals surface area (Å²) in [6.45, 7) is 1.13. The fourth-order valence-electron chi connectivity index (χ4n) is 2.58. The standard InChI is InChI=1S/C15H18N2O3/c18-14-10-20-8-6-12(14)16-15(19)9-17-7-5-11-3-1-2-4-13(11)17/h1-5,7,12,14,18H,6,8-10H2,(H,16,19)/t12-,14-/m1/s1. The molecule has 1 fully saturated rings. The summed E-state index contributed by atoms with van der Waals surface area (Å²) in [5.41, 5.74) is 1.04. The quantitative estimate of drug-likeness (QED) is 0.874. The number of nitrogens with one attached hydrogen (secondary N) is 1. The summed E-state index contributed by atoms with van der Waals surface area (Å²) < 4.78 is 7.06. The van der Waals surface area contributed by atoms with E-state index in [0.717, 1.165) is 10.9 Å². The van der Waals surface area contributed by atoms with E-state index in [4.69, 9.17) is 4.74 Å². The van der Waals surface area contributed by atoms with E-state index in [0.29, 0.717) is 13.0 Å². The topological polar surface area (TPSA) is 63.5 Å². The van der Waals surface area contributed by atoms with E-state index < -0.39 is 6.10 Å². The van der Waals surface area contributed by atoms with Crippen molar-refractivity contribution in [3.05, 3.63) is 36.5 Å². The second-order valence-corrected chi connectivity index (χ2v) is 5.11. The monoisotopic (exact) mass is 274 g/mol. The lowest BCUT2D eigenvalue weighted by molar-refractivity contribution is -0.124. The Morgan fingerprint density at radius 1 is 1.40 bits per heavy atom. The average molecular weight is 274 g/mol. The summed E-state index contributed by atoms with van der Waals surface area (Å²) in [5, 5.41) is 13.8. The summed E-state index contributed by atoms with van der Waals surface area (Å²) in [5.74, 6) is -0.0858. The first-order chi connectivity index (χ1) is 9.74. The zero-order chi connectivity index (χ0) is 13.9. The van der Waals surface area contributed by atoms with E-state index in [1.54, 1.807) is 0 Å². The third-order valence-electron chi connectivity index (χ3n) is 3.67. The Balaban J connectivity index is 1.66. The molecule has 0 spiro atoms. The summed E-state index contributed by atoms with van der Waals surface area (Å²) in [4.78, 5) is 12.1. The molecule has 1 aliphatic heterocycles. The highest BCUT2D eigenvalue weighted by Gasteiger charge is 2.25. The van der Waals surface area contributed by atoms with Crippen molar-refractivity contribution in [2.75, 3.05) is 13.2 Å². The lowest BCUT2D eigenvalue weighted by atomic mass is 10.1. The van der Waals surface area contributed by atoms with Crippen LogP contribution in [-0.2, 0) is 16.1 Å². The molecule has 5 heteroatoms. The van der Waals surface area contributed by atoms with Gasteiger partial charge in [-0.05, 0) is 23.9 Å². The average Bonchev–Trinajstić information content (AvgIpc) is 2.85. The minimum absolute atomic E-state index is 0.0858. The second kappa shape index (κ2) is 5.64. The number of para-hydroxylation sites is 1. The number of carbonyl (C=O) groups excluding carboxylic acids is 1. The molecule has 0 radical (unpaired) electrons. The highest BCUT2D eigenvalue weighted by Crippen LogP contribution is 2.15. The van der Waals surface area contributed by atoms with Gasteiger partial charge < -0.3 is 19.7 Å². The van der Waals surface area contributed by atoms with Gasteiger partial charge in [0.2, 0.25) is 5.91 Å². The Morgan fingerprint density at radius 2 is 2.25 bits per heavy atom. The molecule has 0 aliphatic carbocycles. The van der Waals surface area contributed by atoms with Crippen molar-refractivity contribution < 1.29 is 14.6 Å². The van der Waals surface area contributed by atoms with Crippen LogP contribution in [0.15, 0.2) is 36.5 Å². The molecule has 0 saturated carbocycles. The zero-order valence-electron chi connectivity index (χ0n) is 11.2. The number of hydrogen-bond acceptors (Lipinski definition) is 3. The third-order valence-corrected chi connectivity index (χ3v) is 3.67. The number of nitrogens with zero attached hydrogens (tertiary/aromatic N) is 1. The molecule has 0 bridgehead atoms. The van der Waals surface area contributed by atoms with Crippen molar-refractivity contribution in [1.29, 1.82) is 0 Å². The van der Waals surface area contributed by atoms with Crippen molar-refractivity contribution in [2.24, 2.45) is 0 Å². The van der Waals surface area contributed by atoms with Gasteiger partial charge in [0.05, 0.1) is 18.8 Å². The molecular weight excluding hydrogens is 256 g/mol. The van der Waals surface area contributed by atoms with Crippen molar-refractivity contribution >= 4 is 16.8 Å². The van der Waals surface area contributed by atoms with Crippen molar-refractivity contribution in [3.8, 4) is 0 Å². The first-order valence-corrected chi connectivity index (χ1v) is 6.83. The maximum Gasteiger partial charge on any atom is 0.240 e. The van der Waals surface area contributed by atoms with Crippen LogP contribution >= 0.6 is 0 Å². The Kier molecular flexibility index (Phi) is 3.71. The van der Waals surface area contributed by atoms with E-state index in [-0.39, 0.29) is 25.1 Å². The molecule has 106 valence electrons. The van der Waals surface area contributed by atoms with Gasteiger partial charge in [0, 0.05) is 18.3 Å². The summed E-state index contributed by atoms with van der Waals surface area (Å²) in [6, 6.07) is 9.73. The lowest BCUT2D eigenvalue weighted by Gasteiger charge is -2.28. The molecule has 1 amide bonds. The predicted molar refractivity (Wildman–Crippen MR) is 75.3 cm³/mol. The number of hydrogen-bond donors (Lipinski definition) is 2. The number of aliphatic hydroxyl groups is 1. The van der Waals surface area contributed by atoms with Gasteiger partial charge in [0.15, 0.2) is 0 Å². The molecule has 0 unspecified atom stereocenters. The first kappa shape index (κ1) is 13.1. The normalized spacial score (nSPS) is 22.9. The highest BCUT2D eigenvalue weighted by molar-refractivity contribution is 5.83. The molecule has 1 aliphatic rings. The Labute approximate surface area is 117 Å². The molecule has 2 atom stereocenters. The zero-order valence-corrected chi connectivity index (χ0v) is 11.2. The summed E-state index contributed by atoms with van der Waals surface area (Å²) >= 11 is 0. The second-order valence-electron chi connectivity index (χ2n) is 5.11. The molecule has 1 saturated heterocycles. The molecule has 2 N–H and O–H groups in total. The van der Waals surface area contributed by atoms with Crippen LogP contribution in [-0.4, -0.2) is 40.9 Å². The SMILES string of the molecule is O=C(Cn1ccc2ccccc21)N[C@@H]1CCOC[C@H]1O. The number of ether oxygens (including phenoxy) is 1. The number of fused-ring (bicyclic) bond motifs is 1. The van der Waals surface area contributed by atoms with Crippen LogP contribution in [0.3, 0.4) is 0 Å². The Hall–Kier alpha value is -1.85. The Bertz CT molecular complexity index is 608. The van der Waals surface area contributed by atoms with Gasteiger partial charge in [0.1, 0.15) is 6.54 Å². The van der Waals surface area contributed by atoms with Crippen LogP contribution in [0.1, 0.15) is 6.42 Å². The molecule has 1 aromatic carbocycles. The van der Waals surface area contributed by atoms with Crippen LogP contribution in [0.25, 0.3) is 10.9 Å². The van der Waals surface area contributed by atoms with Gasteiger partial charge in [-0.2, -0.15) is 0 Å². The van der Waals surface area contributed by atoms with Crippen LogP contribution in [0.2, 0.25) is 0 Å². The van der Waals surface area contributed by atoms with Crippen molar-refractivity contribution in [1.82, 2.24) is 9.88 Å². The smallest absolute Gasteiger partial charge is 0.240 e.